The van der Waals surface area contributed by atoms with Gasteiger partial charge in [-0.1, -0.05) is 6.07 Å². The summed E-state index contributed by atoms with van der Waals surface area (Å²) in [6.45, 7) is 3.56. The van der Waals surface area contributed by atoms with Gasteiger partial charge in [0.2, 0.25) is 0 Å². The third-order valence-corrected chi connectivity index (χ3v) is 9.11. The highest BCUT2D eigenvalue weighted by Gasteiger charge is 2.52. The van der Waals surface area contributed by atoms with Gasteiger partial charge in [0.05, 0.1) is 17.7 Å². The molecule has 248 valence electrons. The smallest absolute Gasteiger partial charge is 0.381 e. The number of fused-ring (bicyclic) bond motifs is 1. The number of amides is 3. The molecule has 2 aromatic rings. The number of carbonyl (C=O) groups is 3. The molecule has 1 aromatic heterocycles. The molecule has 2 fully saturated rings. The van der Waals surface area contributed by atoms with Gasteiger partial charge in [-0.25, -0.2) is 4.68 Å². The van der Waals surface area contributed by atoms with Gasteiger partial charge in [0.25, 0.3) is 17.7 Å². The average Bonchev–Trinajstić information content (AvgIpc) is 3.80. The van der Waals surface area contributed by atoms with E-state index < -0.39 is 47.5 Å². The van der Waals surface area contributed by atoms with Crippen LogP contribution in [0.25, 0.3) is 0 Å². The topological polar surface area (TPSA) is 124 Å². The zero-order valence-electron chi connectivity index (χ0n) is 26.5. The lowest BCUT2D eigenvalue weighted by Crippen LogP contribution is -2.56. The van der Waals surface area contributed by atoms with Crippen LogP contribution in [-0.4, -0.2) is 96.8 Å². The quantitative estimate of drug-likeness (QED) is 0.418. The number of hydrogen-bond acceptors (Lipinski definition) is 7. The molecule has 46 heavy (non-hydrogen) atoms. The zero-order valence-corrected chi connectivity index (χ0v) is 26.5. The maximum atomic E-state index is 14.3. The van der Waals surface area contributed by atoms with Gasteiger partial charge in [0.15, 0.2) is 5.69 Å². The number of benzene rings is 1. The minimum atomic E-state index is -4.64. The van der Waals surface area contributed by atoms with Gasteiger partial charge < -0.3 is 19.9 Å². The molecule has 0 bridgehead atoms. The van der Waals surface area contributed by atoms with Crippen molar-refractivity contribution < 1.29 is 32.3 Å². The van der Waals surface area contributed by atoms with Crippen LogP contribution >= 0.6 is 0 Å². The maximum Gasteiger partial charge on any atom is 0.416 e. The van der Waals surface area contributed by atoms with E-state index in [1.165, 1.54) is 15.9 Å². The van der Waals surface area contributed by atoms with E-state index in [1.54, 1.807) is 18.7 Å². The Morgan fingerprint density at radius 3 is 2.46 bits per heavy atom. The first-order valence-electron chi connectivity index (χ1n) is 15.7. The summed E-state index contributed by atoms with van der Waals surface area (Å²) >= 11 is 0. The van der Waals surface area contributed by atoms with Gasteiger partial charge in [-0.05, 0) is 77.2 Å². The third-order valence-electron chi connectivity index (χ3n) is 9.11. The number of nitrogens with one attached hydrogen (secondary N) is 1. The molecule has 1 saturated heterocycles. The molecule has 1 aliphatic carbocycles. The Hall–Kier alpha value is -3.96. The van der Waals surface area contributed by atoms with Crippen molar-refractivity contribution in [3.05, 3.63) is 46.6 Å². The number of anilines is 1. The van der Waals surface area contributed by atoms with Crippen LogP contribution in [0.3, 0.4) is 0 Å². The number of alkyl halides is 3. The van der Waals surface area contributed by atoms with E-state index in [0.29, 0.717) is 50.4 Å². The molecule has 0 spiro atoms. The van der Waals surface area contributed by atoms with Crippen LogP contribution < -0.4 is 10.2 Å². The fourth-order valence-electron chi connectivity index (χ4n) is 6.46. The predicted molar refractivity (Wildman–Crippen MR) is 162 cm³/mol. The second-order valence-electron chi connectivity index (χ2n) is 12.5. The Labute approximate surface area is 266 Å². The summed E-state index contributed by atoms with van der Waals surface area (Å²) in [6, 6.07) is 4.29. The zero-order chi connectivity index (χ0) is 33.3. The maximum absolute atomic E-state index is 14.3. The lowest BCUT2D eigenvalue weighted by atomic mass is 9.82. The van der Waals surface area contributed by atoms with E-state index in [4.69, 9.17) is 9.84 Å². The molecule has 1 aromatic carbocycles. The fourth-order valence-corrected chi connectivity index (χ4v) is 6.46. The highest BCUT2D eigenvalue weighted by atomic mass is 19.4. The van der Waals surface area contributed by atoms with Gasteiger partial charge in [-0.2, -0.15) is 23.5 Å². The first-order valence-corrected chi connectivity index (χ1v) is 15.7. The van der Waals surface area contributed by atoms with Crippen molar-refractivity contribution in [1.29, 1.82) is 5.26 Å². The first-order chi connectivity index (χ1) is 21.9. The minimum Gasteiger partial charge on any atom is -0.381 e. The molecule has 0 unspecified atom stereocenters. The van der Waals surface area contributed by atoms with Gasteiger partial charge in [0.1, 0.15) is 17.9 Å². The van der Waals surface area contributed by atoms with E-state index in [1.807, 2.05) is 19.0 Å². The van der Waals surface area contributed by atoms with Crippen molar-refractivity contribution >= 4 is 23.5 Å². The largest absolute Gasteiger partial charge is 0.416 e. The average molecular weight is 644 g/mol. The Morgan fingerprint density at radius 1 is 1.17 bits per heavy atom. The van der Waals surface area contributed by atoms with Crippen LogP contribution in [-0.2, 0) is 15.7 Å². The number of nitrogens with zero attached hydrogens (tertiary/aromatic N) is 6. The SMILES string of the molecule is CCN1C(=O)[C@@H](NC(=O)c2cccc(C(F)(F)F)c2)[C@@H](C2CC2)c2c(C(=O)N(C)[C@@H](C#N)CCN(C)C)nn(C3CCOCC3)c21. The second kappa shape index (κ2) is 13.4. The van der Waals surface area contributed by atoms with Crippen LogP contribution in [0.5, 0.6) is 0 Å². The highest BCUT2D eigenvalue weighted by Crippen LogP contribution is 2.52. The Balaban J connectivity index is 1.60. The standard InChI is InChI=1S/C32H40F3N7O4/c1-5-41-29-25(24(19-9-10-19)26(31(41)45)37-28(43)20-7-6-8-21(17-20)32(33,34)35)27(38-42(29)22-12-15-46-16-13-22)30(44)40(4)23(18-36)11-14-39(2)3/h6-8,17,19,22-24,26H,5,9-16H2,1-4H3,(H,37,43)/t23-,24+,26+/m1/s1. The van der Waals surface area contributed by atoms with E-state index in [2.05, 4.69) is 11.4 Å². The molecular weight excluding hydrogens is 603 g/mol. The summed E-state index contributed by atoms with van der Waals surface area (Å²) in [6.07, 6.45) is -1.50. The molecule has 3 amide bonds. The van der Waals surface area contributed by atoms with Gasteiger partial charge in [0, 0.05) is 50.4 Å². The molecule has 5 rings (SSSR count). The number of nitriles is 1. The highest BCUT2D eigenvalue weighted by molar-refractivity contribution is 6.07. The van der Waals surface area contributed by atoms with Crippen LogP contribution in [0.4, 0.5) is 19.0 Å². The molecule has 3 atom stereocenters. The number of carbonyl (C=O) groups excluding carboxylic acids is 3. The van der Waals surface area contributed by atoms with Crippen LogP contribution in [0.2, 0.25) is 0 Å². The van der Waals surface area contributed by atoms with E-state index in [9.17, 15) is 32.8 Å². The molecular formula is C32H40F3N7O4. The number of ether oxygens (including phenoxy) is 1. The van der Waals surface area contributed by atoms with E-state index in [-0.39, 0.29) is 29.8 Å². The Kier molecular flexibility index (Phi) is 9.74. The summed E-state index contributed by atoms with van der Waals surface area (Å²) in [7, 11) is 5.33. The number of rotatable bonds is 10. The Morgan fingerprint density at radius 2 is 1.87 bits per heavy atom. The number of hydrogen-bond donors (Lipinski definition) is 1. The first kappa shape index (κ1) is 33.4. The molecule has 2 aliphatic heterocycles. The van der Waals surface area contributed by atoms with Gasteiger partial charge in [-0.3, -0.25) is 19.3 Å². The molecule has 1 saturated carbocycles. The monoisotopic (exact) mass is 643 g/mol. The number of likely N-dealkylation sites (N-methyl/N-ethyl adjacent to an activating group) is 1. The van der Waals surface area contributed by atoms with Crippen molar-refractivity contribution in [1.82, 2.24) is 24.9 Å². The predicted octanol–water partition coefficient (Wildman–Crippen LogP) is 3.83. The van der Waals surface area contributed by atoms with Crippen molar-refractivity contribution in [2.75, 3.05) is 52.3 Å². The summed E-state index contributed by atoms with van der Waals surface area (Å²) in [4.78, 5) is 46.8. The van der Waals surface area contributed by atoms with Crippen molar-refractivity contribution in [3.63, 3.8) is 0 Å². The number of aromatic nitrogens is 2. The van der Waals surface area contributed by atoms with Crippen LogP contribution in [0.15, 0.2) is 24.3 Å². The van der Waals surface area contributed by atoms with Crippen molar-refractivity contribution in [2.45, 2.75) is 69.2 Å². The third kappa shape index (κ3) is 6.62. The lowest BCUT2D eigenvalue weighted by Gasteiger charge is -2.39. The molecule has 1 N–H and O–H groups in total. The molecule has 0 radical (unpaired) electrons. The van der Waals surface area contributed by atoms with E-state index >= 15 is 0 Å². The minimum absolute atomic E-state index is 0.0572. The summed E-state index contributed by atoms with van der Waals surface area (Å²) in [5.74, 6) is -1.88. The molecule has 3 aliphatic rings. The number of halogens is 3. The lowest BCUT2D eigenvalue weighted by molar-refractivity contribution is -0.137. The van der Waals surface area contributed by atoms with E-state index in [0.717, 1.165) is 31.0 Å². The molecule has 14 heteroatoms. The molecule has 3 heterocycles. The molecule has 11 nitrogen and oxygen atoms in total. The van der Waals surface area contributed by atoms with Crippen LogP contribution in [0, 0.1) is 17.2 Å². The second-order valence-corrected chi connectivity index (χ2v) is 12.5. The Bertz CT molecular complexity index is 1510. The summed E-state index contributed by atoms with van der Waals surface area (Å²) in [5, 5.41) is 17.6. The normalized spacial score (nSPS) is 21.1. The fraction of sp³-hybridized carbons (Fsp3) is 0.594. The van der Waals surface area contributed by atoms with Crippen molar-refractivity contribution in [2.24, 2.45) is 5.92 Å². The van der Waals surface area contributed by atoms with Gasteiger partial charge >= 0.3 is 6.18 Å². The summed E-state index contributed by atoms with van der Waals surface area (Å²) < 4.78 is 47.6. The van der Waals surface area contributed by atoms with Crippen molar-refractivity contribution in [3.8, 4) is 6.07 Å². The van der Waals surface area contributed by atoms with Gasteiger partial charge in [-0.15, -0.1) is 0 Å². The summed E-state index contributed by atoms with van der Waals surface area (Å²) in [5.41, 5.74) is -0.541. The van der Waals surface area contributed by atoms with Crippen LogP contribution in [0.1, 0.15) is 83.0 Å².